The van der Waals surface area contributed by atoms with Gasteiger partial charge in [0.05, 0.1) is 18.3 Å². The van der Waals surface area contributed by atoms with Crippen molar-refractivity contribution in [3.63, 3.8) is 0 Å². The molecule has 0 radical (unpaired) electrons. The molecule has 1 heterocycles. The summed E-state index contributed by atoms with van der Waals surface area (Å²) < 4.78 is 5.16. The molecule has 0 bridgehead atoms. The van der Waals surface area contributed by atoms with E-state index in [1.54, 1.807) is 13.3 Å². The molecule has 0 saturated heterocycles. The Balaban J connectivity index is 1.68. The fourth-order valence-corrected chi connectivity index (χ4v) is 2.72. The zero-order valence-corrected chi connectivity index (χ0v) is 14.4. The number of aromatic nitrogens is 2. The summed E-state index contributed by atoms with van der Waals surface area (Å²) in [5, 5.41) is 14.8. The molecule has 0 aliphatic heterocycles. The van der Waals surface area contributed by atoms with Crippen LogP contribution in [0.5, 0.6) is 5.75 Å². The van der Waals surface area contributed by atoms with Crippen molar-refractivity contribution < 1.29 is 4.74 Å². The van der Waals surface area contributed by atoms with Gasteiger partial charge in [-0.1, -0.05) is 35.3 Å². The summed E-state index contributed by atoms with van der Waals surface area (Å²) in [5.41, 5.74) is 2.75. The minimum Gasteiger partial charge on any atom is -0.495 e. The molecule has 0 unspecified atom stereocenters. The first kappa shape index (κ1) is 16.5. The molecule has 0 fully saturated rings. The normalized spacial score (nSPS) is 10.5. The zero-order chi connectivity index (χ0) is 16.9. The topological polar surface area (TPSA) is 62.0 Å². The van der Waals surface area contributed by atoms with Crippen molar-refractivity contribution in [2.24, 2.45) is 0 Å². The van der Waals surface area contributed by atoms with Crippen LogP contribution in [0.2, 0.25) is 10.0 Å². The van der Waals surface area contributed by atoms with Gasteiger partial charge in [0, 0.05) is 17.3 Å². The molecule has 7 heteroatoms. The predicted octanol–water partition coefficient (Wildman–Crippen LogP) is 5.08. The molecular weight excluding hydrogens is 347 g/mol. The number of benzene rings is 2. The standard InChI is InChI=1S/C17H16Cl2N4O/c1-24-16-6-5-11(7-14(16)19)9-20-17-15(10-21-23-17)22-13-4-2-3-12(18)8-13/h2-8,10,22H,9H2,1H3,(H2,20,21,23). The molecule has 2 aromatic carbocycles. The van der Waals surface area contributed by atoms with Crippen molar-refractivity contribution in [1.82, 2.24) is 10.2 Å². The van der Waals surface area contributed by atoms with Crippen molar-refractivity contribution in [3.8, 4) is 5.75 Å². The molecule has 0 aliphatic carbocycles. The maximum Gasteiger partial charge on any atom is 0.145 e. The van der Waals surface area contributed by atoms with Gasteiger partial charge in [0.15, 0.2) is 0 Å². The Bertz CT molecular complexity index is 835. The molecule has 3 rings (SSSR count). The number of halogens is 2. The molecule has 0 spiro atoms. The Morgan fingerprint density at radius 1 is 1.17 bits per heavy atom. The van der Waals surface area contributed by atoms with Crippen LogP contribution in [0.15, 0.2) is 48.7 Å². The zero-order valence-electron chi connectivity index (χ0n) is 12.9. The molecule has 3 aromatic rings. The average molecular weight is 363 g/mol. The van der Waals surface area contributed by atoms with Crippen LogP contribution in [0, 0.1) is 0 Å². The third kappa shape index (κ3) is 3.93. The van der Waals surface area contributed by atoms with Crippen LogP contribution < -0.4 is 15.4 Å². The number of ether oxygens (including phenoxy) is 1. The Kier molecular flexibility index (Phi) is 5.13. The van der Waals surface area contributed by atoms with Crippen molar-refractivity contribution in [2.75, 3.05) is 17.7 Å². The van der Waals surface area contributed by atoms with Gasteiger partial charge in [-0.2, -0.15) is 5.10 Å². The summed E-state index contributed by atoms with van der Waals surface area (Å²) in [7, 11) is 1.59. The smallest absolute Gasteiger partial charge is 0.145 e. The van der Waals surface area contributed by atoms with Gasteiger partial charge in [-0.25, -0.2) is 0 Å². The summed E-state index contributed by atoms with van der Waals surface area (Å²) in [6.07, 6.45) is 1.71. The summed E-state index contributed by atoms with van der Waals surface area (Å²) in [4.78, 5) is 0. The van der Waals surface area contributed by atoms with Crippen LogP contribution in [-0.4, -0.2) is 17.3 Å². The second-order valence-electron chi connectivity index (χ2n) is 5.12. The molecule has 5 nitrogen and oxygen atoms in total. The van der Waals surface area contributed by atoms with Crippen molar-refractivity contribution >= 4 is 40.4 Å². The first-order valence-electron chi connectivity index (χ1n) is 7.28. The highest BCUT2D eigenvalue weighted by Gasteiger charge is 2.07. The summed E-state index contributed by atoms with van der Waals surface area (Å²) >= 11 is 12.1. The molecule has 124 valence electrons. The van der Waals surface area contributed by atoms with E-state index in [1.165, 1.54) is 0 Å². The lowest BCUT2D eigenvalue weighted by atomic mass is 10.2. The fraction of sp³-hybridized carbons (Fsp3) is 0.118. The van der Waals surface area contributed by atoms with Gasteiger partial charge in [0.2, 0.25) is 0 Å². The summed E-state index contributed by atoms with van der Waals surface area (Å²) in [5.74, 6) is 1.44. The third-order valence-electron chi connectivity index (χ3n) is 3.43. The number of aromatic amines is 1. The molecule has 0 saturated carbocycles. The molecule has 0 atom stereocenters. The van der Waals surface area contributed by atoms with E-state index >= 15 is 0 Å². The predicted molar refractivity (Wildman–Crippen MR) is 98.7 cm³/mol. The molecule has 0 amide bonds. The quantitative estimate of drug-likeness (QED) is 0.572. The van der Waals surface area contributed by atoms with Crippen LogP contribution in [0.1, 0.15) is 5.56 Å². The molecular formula is C17H16Cl2N4O. The van der Waals surface area contributed by atoms with Gasteiger partial charge in [-0.3, -0.25) is 5.10 Å². The van der Waals surface area contributed by atoms with Crippen LogP contribution in [0.25, 0.3) is 0 Å². The van der Waals surface area contributed by atoms with Crippen LogP contribution in [0.4, 0.5) is 17.2 Å². The lowest BCUT2D eigenvalue weighted by molar-refractivity contribution is 0.415. The number of hydrogen-bond acceptors (Lipinski definition) is 4. The van der Waals surface area contributed by atoms with E-state index < -0.39 is 0 Å². The van der Waals surface area contributed by atoms with E-state index in [0.29, 0.717) is 22.3 Å². The first-order valence-corrected chi connectivity index (χ1v) is 8.03. The van der Waals surface area contributed by atoms with Gasteiger partial charge < -0.3 is 15.4 Å². The number of rotatable bonds is 6. The Morgan fingerprint density at radius 2 is 2.04 bits per heavy atom. The number of methoxy groups -OCH3 is 1. The SMILES string of the molecule is COc1ccc(CNc2[nH]ncc2Nc2cccc(Cl)c2)cc1Cl. The van der Waals surface area contributed by atoms with Crippen molar-refractivity contribution in [1.29, 1.82) is 0 Å². The van der Waals surface area contributed by atoms with E-state index in [9.17, 15) is 0 Å². The van der Waals surface area contributed by atoms with E-state index in [-0.39, 0.29) is 0 Å². The van der Waals surface area contributed by atoms with Crippen LogP contribution in [0.3, 0.4) is 0 Å². The third-order valence-corrected chi connectivity index (χ3v) is 3.96. The van der Waals surface area contributed by atoms with Crippen LogP contribution >= 0.6 is 23.2 Å². The summed E-state index contributed by atoms with van der Waals surface area (Å²) in [6.45, 7) is 0.593. The molecule has 0 aliphatic rings. The van der Waals surface area contributed by atoms with Gasteiger partial charge in [-0.05, 0) is 35.9 Å². The highest BCUT2D eigenvalue weighted by Crippen LogP contribution is 2.27. The second-order valence-corrected chi connectivity index (χ2v) is 5.96. The molecule has 1 aromatic heterocycles. The van der Waals surface area contributed by atoms with Crippen LogP contribution in [-0.2, 0) is 6.54 Å². The van der Waals surface area contributed by atoms with E-state index in [2.05, 4.69) is 20.8 Å². The van der Waals surface area contributed by atoms with Gasteiger partial charge >= 0.3 is 0 Å². The average Bonchev–Trinajstić information content (AvgIpc) is 3.00. The monoisotopic (exact) mass is 362 g/mol. The van der Waals surface area contributed by atoms with E-state index in [0.717, 1.165) is 22.8 Å². The Hall–Kier alpha value is -2.37. The van der Waals surface area contributed by atoms with Crippen molar-refractivity contribution in [2.45, 2.75) is 6.54 Å². The van der Waals surface area contributed by atoms with Gasteiger partial charge in [0.25, 0.3) is 0 Å². The minimum atomic E-state index is 0.582. The minimum absolute atomic E-state index is 0.582. The fourth-order valence-electron chi connectivity index (χ4n) is 2.25. The molecule has 3 N–H and O–H groups in total. The number of hydrogen-bond donors (Lipinski definition) is 3. The Morgan fingerprint density at radius 3 is 2.79 bits per heavy atom. The maximum atomic E-state index is 6.15. The van der Waals surface area contributed by atoms with E-state index in [4.69, 9.17) is 27.9 Å². The highest BCUT2D eigenvalue weighted by atomic mass is 35.5. The Labute approximate surface area is 149 Å². The second kappa shape index (κ2) is 7.47. The number of H-pyrrole nitrogens is 1. The number of nitrogens with zero attached hydrogens (tertiary/aromatic N) is 1. The molecule has 24 heavy (non-hydrogen) atoms. The summed E-state index contributed by atoms with van der Waals surface area (Å²) in [6, 6.07) is 13.2. The van der Waals surface area contributed by atoms with E-state index in [1.807, 2.05) is 42.5 Å². The highest BCUT2D eigenvalue weighted by molar-refractivity contribution is 6.32. The maximum absolute atomic E-state index is 6.15. The van der Waals surface area contributed by atoms with Gasteiger partial charge in [-0.15, -0.1) is 0 Å². The number of anilines is 3. The van der Waals surface area contributed by atoms with Gasteiger partial charge in [0.1, 0.15) is 17.3 Å². The lowest BCUT2D eigenvalue weighted by Gasteiger charge is -2.10. The lowest BCUT2D eigenvalue weighted by Crippen LogP contribution is -2.02. The van der Waals surface area contributed by atoms with Crippen molar-refractivity contribution in [3.05, 3.63) is 64.3 Å². The first-order chi connectivity index (χ1) is 11.7. The number of nitrogens with one attached hydrogen (secondary N) is 3. The largest absolute Gasteiger partial charge is 0.495 e.